The van der Waals surface area contributed by atoms with Crippen LogP contribution in [-0.4, -0.2) is 30.3 Å². The molecule has 0 radical (unpaired) electrons. The molecular weight excluding hydrogens is 186 g/mol. The summed E-state index contributed by atoms with van der Waals surface area (Å²) in [6.45, 7) is 6.92. The van der Waals surface area contributed by atoms with Gasteiger partial charge in [-0.25, -0.2) is 0 Å². The quantitative estimate of drug-likeness (QED) is 0.715. The molecule has 1 saturated heterocycles. The lowest BCUT2D eigenvalue weighted by atomic mass is 10.1. The fourth-order valence-corrected chi connectivity index (χ4v) is 2.05. The van der Waals surface area contributed by atoms with E-state index in [4.69, 9.17) is 0 Å². The zero-order valence-corrected chi connectivity index (χ0v) is 10.3. The fraction of sp³-hybridized carbons (Fsp3) is 0.923. The average Bonchev–Trinajstić information content (AvgIpc) is 2.31. The molecule has 0 unspecified atom stereocenters. The molecule has 0 aromatic heterocycles. The smallest absolute Gasteiger partial charge is 0.149 e. The van der Waals surface area contributed by atoms with Gasteiger partial charge in [0.2, 0.25) is 0 Å². The molecule has 0 spiro atoms. The van der Waals surface area contributed by atoms with Gasteiger partial charge in [0.15, 0.2) is 0 Å². The molecule has 0 bridgehead atoms. The van der Waals surface area contributed by atoms with Gasteiger partial charge in [0.1, 0.15) is 5.78 Å². The second-order valence-electron chi connectivity index (χ2n) is 5.02. The fourth-order valence-electron chi connectivity index (χ4n) is 2.05. The second kappa shape index (κ2) is 7.00. The van der Waals surface area contributed by atoms with E-state index >= 15 is 0 Å². The number of rotatable bonds is 3. The van der Waals surface area contributed by atoms with E-state index in [1.807, 2.05) is 13.8 Å². The molecule has 1 aliphatic rings. The minimum atomic E-state index is 0.192. The van der Waals surface area contributed by atoms with Crippen LogP contribution in [0.3, 0.4) is 0 Å². The van der Waals surface area contributed by atoms with Gasteiger partial charge in [0.25, 0.3) is 0 Å². The Kier molecular flexibility index (Phi) is 5.92. The summed E-state index contributed by atoms with van der Waals surface area (Å²) in [5.41, 5.74) is 0. The first-order valence-corrected chi connectivity index (χ1v) is 6.45. The van der Waals surface area contributed by atoms with Crippen LogP contribution in [0.15, 0.2) is 0 Å². The largest absolute Gasteiger partial charge is 0.298 e. The van der Waals surface area contributed by atoms with Gasteiger partial charge in [-0.2, -0.15) is 0 Å². The van der Waals surface area contributed by atoms with Crippen LogP contribution >= 0.6 is 0 Å². The molecule has 0 atom stereocenters. The van der Waals surface area contributed by atoms with E-state index in [2.05, 4.69) is 4.90 Å². The highest BCUT2D eigenvalue weighted by atomic mass is 16.1. The van der Waals surface area contributed by atoms with Crippen molar-refractivity contribution >= 4 is 5.78 Å². The molecule has 1 rings (SSSR count). The lowest BCUT2D eigenvalue weighted by Crippen LogP contribution is -2.33. The second-order valence-corrected chi connectivity index (χ2v) is 5.02. The number of Topliss-reactive ketones (excluding diaryl/α,β-unsaturated/α-hetero) is 1. The lowest BCUT2D eigenvalue weighted by Gasteiger charge is -2.21. The van der Waals surface area contributed by atoms with Gasteiger partial charge < -0.3 is 0 Å². The maximum atomic E-state index is 11.7. The van der Waals surface area contributed by atoms with E-state index in [-0.39, 0.29) is 5.92 Å². The Balaban J connectivity index is 2.33. The molecular formula is C13H25NO. The van der Waals surface area contributed by atoms with Crippen molar-refractivity contribution in [2.45, 2.75) is 52.4 Å². The first-order valence-electron chi connectivity index (χ1n) is 6.45. The Morgan fingerprint density at radius 3 is 1.93 bits per heavy atom. The Morgan fingerprint density at radius 2 is 1.47 bits per heavy atom. The van der Waals surface area contributed by atoms with Gasteiger partial charge in [-0.1, -0.05) is 39.5 Å². The Morgan fingerprint density at radius 1 is 1.00 bits per heavy atom. The SMILES string of the molecule is CC(C)C(=O)CN1CCCCCCCC1. The molecule has 2 heteroatoms. The summed E-state index contributed by atoms with van der Waals surface area (Å²) in [7, 11) is 0. The predicted molar refractivity (Wildman–Crippen MR) is 64.0 cm³/mol. The van der Waals surface area contributed by atoms with Crippen LogP contribution in [0.1, 0.15) is 52.4 Å². The highest BCUT2D eigenvalue weighted by Gasteiger charge is 2.13. The molecule has 0 aliphatic carbocycles. The maximum Gasteiger partial charge on any atom is 0.149 e. The summed E-state index contributed by atoms with van der Waals surface area (Å²) in [5.74, 6) is 0.590. The minimum absolute atomic E-state index is 0.192. The first kappa shape index (κ1) is 12.7. The van der Waals surface area contributed by atoms with Crippen molar-refractivity contribution in [1.29, 1.82) is 0 Å². The molecule has 1 heterocycles. The van der Waals surface area contributed by atoms with Crippen LogP contribution in [0, 0.1) is 5.92 Å². The highest BCUT2D eigenvalue weighted by molar-refractivity contribution is 5.82. The average molecular weight is 211 g/mol. The predicted octanol–water partition coefficient (Wildman–Crippen LogP) is 2.87. The van der Waals surface area contributed by atoms with Crippen LogP contribution in [0.2, 0.25) is 0 Å². The van der Waals surface area contributed by atoms with E-state index in [1.165, 1.54) is 38.5 Å². The Bertz CT molecular complexity index is 179. The minimum Gasteiger partial charge on any atom is -0.298 e. The standard InChI is InChI=1S/C13H25NO/c1-12(2)13(15)11-14-9-7-5-3-4-6-8-10-14/h12H,3-11H2,1-2H3. The Hall–Kier alpha value is -0.370. The molecule has 0 aromatic rings. The molecule has 2 nitrogen and oxygen atoms in total. The van der Waals surface area contributed by atoms with E-state index in [9.17, 15) is 4.79 Å². The van der Waals surface area contributed by atoms with Gasteiger partial charge in [-0.15, -0.1) is 0 Å². The van der Waals surface area contributed by atoms with E-state index in [1.54, 1.807) is 0 Å². The van der Waals surface area contributed by atoms with E-state index in [0.717, 1.165) is 13.1 Å². The molecule has 1 aliphatic heterocycles. The lowest BCUT2D eigenvalue weighted by molar-refractivity contribution is -0.123. The summed E-state index contributed by atoms with van der Waals surface area (Å²) < 4.78 is 0. The van der Waals surface area contributed by atoms with Crippen molar-refractivity contribution in [3.63, 3.8) is 0 Å². The van der Waals surface area contributed by atoms with Crippen LogP contribution in [0.5, 0.6) is 0 Å². The van der Waals surface area contributed by atoms with Crippen LogP contribution in [-0.2, 0) is 4.79 Å². The molecule has 0 aromatic carbocycles. The summed E-state index contributed by atoms with van der Waals surface area (Å²) in [5, 5.41) is 0. The number of ketones is 1. The highest BCUT2D eigenvalue weighted by Crippen LogP contribution is 2.11. The van der Waals surface area contributed by atoms with Crippen molar-refractivity contribution in [3.05, 3.63) is 0 Å². The van der Waals surface area contributed by atoms with Crippen molar-refractivity contribution in [2.75, 3.05) is 19.6 Å². The monoisotopic (exact) mass is 211 g/mol. The van der Waals surface area contributed by atoms with Crippen molar-refractivity contribution in [3.8, 4) is 0 Å². The van der Waals surface area contributed by atoms with Crippen molar-refractivity contribution in [2.24, 2.45) is 5.92 Å². The topological polar surface area (TPSA) is 20.3 Å². The third kappa shape index (κ3) is 5.31. The van der Waals surface area contributed by atoms with Gasteiger partial charge in [0, 0.05) is 5.92 Å². The van der Waals surface area contributed by atoms with Crippen molar-refractivity contribution < 1.29 is 4.79 Å². The molecule has 15 heavy (non-hydrogen) atoms. The molecule has 1 fully saturated rings. The van der Waals surface area contributed by atoms with Crippen LogP contribution < -0.4 is 0 Å². The first-order chi connectivity index (χ1) is 7.20. The maximum absolute atomic E-state index is 11.7. The number of carbonyl (C=O) groups is 1. The number of hydrogen-bond donors (Lipinski definition) is 0. The summed E-state index contributed by atoms with van der Waals surface area (Å²) in [6, 6.07) is 0. The van der Waals surface area contributed by atoms with Gasteiger partial charge in [-0.05, 0) is 25.9 Å². The zero-order chi connectivity index (χ0) is 11.1. The number of carbonyl (C=O) groups excluding carboxylic acids is 1. The van der Waals surface area contributed by atoms with E-state index in [0.29, 0.717) is 12.3 Å². The zero-order valence-electron chi connectivity index (χ0n) is 10.3. The summed E-state index contributed by atoms with van der Waals surface area (Å²) in [4.78, 5) is 14.0. The van der Waals surface area contributed by atoms with Gasteiger partial charge in [-0.3, -0.25) is 9.69 Å². The number of hydrogen-bond acceptors (Lipinski definition) is 2. The summed E-state index contributed by atoms with van der Waals surface area (Å²) in [6.07, 6.45) is 7.98. The third-order valence-corrected chi connectivity index (χ3v) is 3.22. The summed E-state index contributed by atoms with van der Waals surface area (Å²) >= 11 is 0. The van der Waals surface area contributed by atoms with Crippen LogP contribution in [0.25, 0.3) is 0 Å². The molecule has 88 valence electrons. The van der Waals surface area contributed by atoms with E-state index < -0.39 is 0 Å². The molecule has 0 N–H and O–H groups in total. The van der Waals surface area contributed by atoms with Crippen LogP contribution in [0.4, 0.5) is 0 Å². The van der Waals surface area contributed by atoms with Gasteiger partial charge in [0.05, 0.1) is 6.54 Å². The molecule has 0 saturated carbocycles. The molecule has 0 amide bonds. The van der Waals surface area contributed by atoms with Gasteiger partial charge >= 0.3 is 0 Å². The Labute approximate surface area is 94.0 Å². The number of nitrogens with zero attached hydrogens (tertiary/aromatic N) is 1. The normalized spacial score (nSPS) is 20.7. The van der Waals surface area contributed by atoms with Crippen molar-refractivity contribution in [1.82, 2.24) is 4.90 Å². The third-order valence-electron chi connectivity index (χ3n) is 3.22.